The Balaban J connectivity index is 2.25. The zero-order valence-electron chi connectivity index (χ0n) is 10.9. The molecule has 0 unspecified atom stereocenters. The second kappa shape index (κ2) is 4.35. The van der Waals surface area contributed by atoms with E-state index in [9.17, 15) is 4.79 Å². The number of carbonyl (C=O) groups excluding carboxylic acids is 1. The van der Waals surface area contributed by atoms with Crippen molar-refractivity contribution in [2.24, 2.45) is 0 Å². The summed E-state index contributed by atoms with van der Waals surface area (Å²) in [6, 6.07) is 9.96. The van der Waals surface area contributed by atoms with Crippen LogP contribution in [0.3, 0.4) is 0 Å². The van der Waals surface area contributed by atoms with Gasteiger partial charge in [-0.05, 0) is 31.5 Å². The van der Waals surface area contributed by atoms with E-state index in [1.54, 1.807) is 13.1 Å². The third kappa shape index (κ3) is 1.93. The molecular formula is C16H14N2O. The van der Waals surface area contributed by atoms with Gasteiger partial charge in [0.05, 0.1) is 11.2 Å². The van der Waals surface area contributed by atoms with Gasteiger partial charge in [0, 0.05) is 29.5 Å². The lowest BCUT2D eigenvalue weighted by Crippen LogP contribution is -1.94. The molecule has 3 aromatic rings. The molecule has 3 nitrogen and oxygen atoms in total. The van der Waals surface area contributed by atoms with E-state index >= 15 is 0 Å². The SMILES string of the molecule is CC(=O)c1cn(-c2ccnc3ccccc23)cc1C. The van der Waals surface area contributed by atoms with E-state index in [2.05, 4.69) is 4.98 Å². The first-order valence-corrected chi connectivity index (χ1v) is 6.20. The summed E-state index contributed by atoms with van der Waals surface area (Å²) in [5.74, 6) is 0.0922. The molecule has 0 atom stereocenters. The van der Waals surface area contributed by atoms with Crippen molar-refractivity contribution in [1.29, 1.82) is 0 Å². The molecule has 0 amide bonds. The maximum atomic E-state index is 11.5. The van der Waals surface area contributed by atoms with Gasteiger partial charge in [-0.1, -0.05) is 18.2 Å². The molecule has 0 saturated carbocycles. The maximum Gasteiger partial charge on any atom is 0.161 e. The molecule has 94 valence electrons. The number of carbonyl (C=O) groups is 1. The lowest BCUT2D eigenvalue weighted by molar-refractivity contribution is 0.101. The molecule has 0 aliphatic heterocycles. The smallest absolute Gasteiger partial charge is 0.161 e. The van der Waals surface area contributed by atoms with Gasteiger partial charge in [0.25, 0.3) is 0 Å². The van der Waals surface area contributed by atoms with Gasteiger partial charge in [-0.25, -0.2) is 0 Å². The number of benzene rings is 1. The number of hydrogen-bond donors (Lipinski definition) is 0. The Morgan fingerprint density at radius 3 is 2.68 bits per heavy atom. The summed E-state index contributed by atoms with van der Waals surface area (Å²) in [5, 5.41) is 1.08. The second-order valence-corrected chi connectivity index (χ2v) is 4.67. The predicted octanol–water partition coefficient (Wildman–Crippen LogP) is 3.54. The van der Waals surface area contributed by atoms with Crippen LogP contribution in [0.15, 0.2) is 48.9 Å². The van der Waals surface area contributed by atoms with Crippen molar-refractivity contribution in [2.75, 3.05) is 0 Å². The fourth-order valence-corrected chi connectivity index (χ4v) is 2.37. The van der Waals surface area contributed by atoms with Gasteiger partial charge in [-0.3, -0.25) is 9.78 Å². The highest BCUT2D eigenvalue weighted by Crippen LogP contribution is 2.22. The summed E-state index contributed by atoms with van der Waals surface area (Å²) in [7, 11) is 0. The van der Waals surface area contributed by atoms with E-state index in [0.717, 1.165) is 27.7 Å². The van der Waals surface area contributed by atoms with Crippen LogP contribution in [-0.2, 0) is 0 Å². The molecule has 3 heteroatoms. The van der Waals surface area contributed by atoms with Crippen molar-refractivity contribution in [3.05, 3.63) is 60.0 Å². The van der Waals surface area contributed by atoms with E-state index in [0.29, 0.717) is 0 Å². The number of nitrogens with zero attached hydrogens (tertiary/aromatic N) is 2. The van der Waals surface area contributed by atoms with E-state index in [1.807, 2.05) is 54.2 Å². The monoisotopic (exact) mass is 250 g/mol. The molecule has 0 aliphatic rings. The number of ketones is 1. The minimum absolute atomic E-state index is 0.0922. The molecular weight excluding hydrogens is 236 g/mol. The molecule has 19 heavy (non-hydrogen) atoms. The van der Waals surface area contributed by atoms with E-state index in [4.69, 9.17) is 0 Å². The van der Waals surface area contributed by atoms with Crippen LogP contribution in [0.2, 0.25) is 0 Å². The molecule has 3 rings (SSSR count). The number of pyridine rings is 1. The Labute approximate surface area is 111 Å². The highest BCUT2D eigenvalue weighted by Gasteiger charge is 2.10. The molecule has 0 fully saturated rings. The molecule has 0 aliphatic carbocycles. The summed E-state index contributed by atoms with van der Waals surface area (Å²) in [5.41, 5.74) is 3.76. The van der Waals surface area contributed by atoms with Crippen LogP contribution in [0, 0.1) is 6.92 Å². The second-order valence-electron chi connectivity index (χ2n) is 4.67. The number of para-hydroxylation sites is 1. The van der Waals surface area contributed by atoms with Gasteiger partial charge >= 0.3 is 0 Å². The normalized spacial score (nSPS) is 10.8. The minimum atomic E-state index is 0.0922. The molecule has 0 spiro atoms. The molecule has 0 saturated heterocycles. The average molecular weight is 250 g/mol. The fourth-order valence-electron chi connectivity index (χ4n) is 2.37. The first kappa shape index (κ1) is 11.7. The van der Waals surface area contributed by atoms with Crippen LogP contribution < -0.4 is 0 Å². The van der Waals surface area contributed by atoms with E-state index < -0.39 is 0 Å². The third-order valence-electron chi connectivity index (χ3n) is 3.31. The van der Waals surface area contributed by atoms with E-state index in [-0.39, 0.29) is 5.78 Å². The molecule has 2 heterocycles. The quantitative estimate of drug-likeness (QED) is 0.652. The Morgan fingerprint density at radius 2 is 1.95 bits per heavy atom. The Hall–Kier alpha value is -2.42. The first-order chi connectivity index (χ1) is 9.16. The zero-order valence-corrected chi connectivity index (χ0v) is 10.9. The summed E-state index contributed by atoms with van der Waals surface area (Å²) in [6.07, 6.45) is 5.67. The van der Waals surface area contributed by atoms with Crippen molar-refractivity contribution < 1.29 is 4.79 Å². The Kier molecular flexibility index (Phi) is 2.67. The molecule has 0 radical (unpaired) electrons. The summed E-state index contributed by atoms with van der Waals surface area (Å²) in [4.78, 5) is 15.9. The van der Waals surface area contributed by atoms with Gasteiger partial charge < -0.3 is 4.57 Å². The first-order valence-electron chi connectivity index (χ1n) is 6.20. The summed E-state index contributed by atoms with van der Waals surface area (Å²) < 4.78 is 2.00. The molecule has 0 N–H and O–H groups in total. The van der Waals surface area contributed by atoms with Crippen molar-refractivity contribution in [2.45, 2.75) is 13.8 Å². The van der Waals surface area contributed by atoms with Crippen molar-refractivity contribution in [1.82, 2.24) is 9.55 Å². The zero-order chi connectivity index (χ0) is 13.4. The number of Topliss-reactive ketones (excluding diaryl/α,β-unsaturated/α-hetero) is 1. The number of fused-ring (bicyclic) bond motifs is 1. The summed E-state index contributed by atoms with van der Waals surface area (Å²) >= 11 is 0. The Morgan fingerprint density at radius 1 is 1.16 bits per heavy atom. The highest BCUT2D eigenvalue weighted by atomic mass is 16.1. The average Bonchev–Trinajstić information content (AvgIpc) is 2.80. The Bertz CT molecular complexity index is 766. The number of aromatic nitrogens is 2. The molecule has 2 aromatic heterocycles. The highest BCUT2D eigenvalue weighted by molar-refractivity contribution is 5.96. The van der Waals surface area contributed by atoms with Gasteiger partial charge in [0.15, 0.2) is 5.78 Å². The standard InChI is InChI=1S/C16H14N2O/c1-11-9-18(10-14(11)12(2)19)16-7-8-17-15-6-4-3-5-13(15)16/h3-10H,1-2H3. The third-order valence-corrected chi connectivity index (χ3v) is 3.31. The van der Waals surface area contributed by atoms with Gasteiger partial charge in [0.2, 0.25) is 0 Å². The number of rotatable bonds is 2. The predicted molar refractivity (Wildman–Crippen MR) is 75.8 cm³/mol. The van der Waals surface area contributed by atoms with Gasteiger partial charge in [-0.2, -0.15) is 0 Å². The lowest BCUT2D eigenvalue weighted by atomic mass is 10.2. The largest absolute Gasteiger partial charge is 0.322 e. The van der Waals surface area contributed by atoms with Crippen LogP contribution in [0.4, 0.5) is 0 Å². The van der Waals surface area contributed by atoms with Crippen LogP contribution in [-0.4, -0.2) is 15.3 Å². The van der Waals surface area contributed by atoms with Gasteiger partial charge in [0.1, 0.15) is 0 Å². The molecule has 0 bridgehead atoms. The van der Waals surface area contributed by atoms with Crippen LogP contribution in [0.25, 0.3) is 16.6 Å². The molecule has 1 aromatic carbocycles. The topological polar surface area (TPSA) is 34.9 Å². The van der Waals surface area contributed by atoms with Crippen LogP contribution >= 0.6 is 0 Å². The van der Waals surface area contributed by atoms with E-state index in [1.165, 1.54) is 0 Å². The lowest BCUT2D eigenvalue weighted by Gasteiger charge is -2.06. The van der Waals surface area contributed by atoms with Crippen LogP contribution in [0.1, 0.15) is 22.8 Å². The summed E-state index contributed by atoms with van der Waals surface area (Å²) in [6.45, 7) is 3.55. The minimum Gasteiger partial charge on any atom is -0.322 e. The van der Waals surface area contributed by atoms with Gasteiger partial charge in [-0.15, -0.1) is 0 Å². The van der Waals surface area contributed by atoms with Crippen molar-refractivity contribution in [3.8, 4) is 5.69 Å². The number of aryl methyl sites for hydroxylation is 1. The van der Waals surface area contributed by atoms with Crippen molar-refractivity contribution >= 4 is 16.7 Å². The fraction of sp³-hybridized carbons (Fsp3) is 0.125. The number of hydrogen-bond acceptors (Lipinski definition) is 2. The van der Waals surface area contributed by atoms with Crippen molar-refractivity contribution in [3.63, 3.8) is 0 Å². The maximum absolute atomic E-state index is 11.5. The van der Waals surface area contributed by atoms with Crippen LogP contribution in [0.5, 0.6) is 0 Å².